The van der Waals surface area contributed by atoms with E-state index in [9.17, 15) is 28.8 Å². The molecule has 23 rings (SSSR count). The van der Waals surface area contributed by atoms with Crippen molar-refractivity contribution in [2.75, 3.05) is 111 Å². The van der Waals surface area contributed by atoms with Gasteiger partial charge in [-0.05, 0) is 223 Å². The molecule has 11 aliphatic rings. The number of rotatable bonds is 6. The van der Waals surface area contributed by atoms with E-state index in [2.05, 4.69) is 134 Å². The third-order valence-corrected chi connectivity index (χ3v) is 25.5. The Hall–Kier alpha value is -13.3. The Morgan fingerprint density at radius 1 is 0.388 bits per heavy atom. The van der Waals surface area contributed by atoms with E-state index in [0.29, 0.717) is 130 Å². The minimum absolute atomic E-state index is 0.0284. The Balaban J connectivity index is 0.000000112. The van der Waals surface area contributed by atoms with Crippen LogP contribution >= 0.6 is 0 Å². The van der Waals surface area contributed by atoms with Gasteiger partial charge in [0, 0.05) is 99.0 Å². The molecule has 6 aromatic carbocycles. The number of likely N-dealkylation sites (N-methyl/N-ethyl adjacent to an activating group) is 3. The average Bonchev–Trinajstić information content (AvgIpc) is 1.59. The van der Waals surface area contributed by atoms with Crippen molar-refractivity contribution in [1.82, 2.24) is 72.7 Å². The molecule has 30 heteroatoms. The van der Waals surface area contributed by atoms with E-state index in [1.165, 1.54) is 59.1 Å². The number of fused-ring (bicyclic) bond motifs is 20. The standard InChI is InChI=1S/2C31H31N7O3.C29H29N7O3/c1-35-17-20-14-21(6-8-24(20)31(19-35)10-11-31)33-30-32-16-23-28(34-30)38-22-7-9-26-25(15-22)36(27(39)18-41-26)12-4-2-3-5-13-37(38)29(23)40;1-35-15-10-20-6-7-21(16-24(20)31(35)11-12-31)33-30-32-18-23-28(34-30)38-22-8-9-26-25(17-22)36(27(39)19-41-26)13-4-2-3-5-14-37(38)29(23)40;1-33-13-10-19-6-7-21(14-20(19)17-33)31-29-30-16-23-27(32-29)36-22-8-9-25-24(15-22)34(26(37)18-39-25)11-4-2-3-5-12-35(36)28(23)38/h3,5-9,14-16H,2,4,10-13,17-19H2,1H3,(H,32,33,34);3,5-9,16-18H,2,4,10-15,19H2,1H3,(H,32,33,34);3,5-9,14-16H,2,4,10-13,17-18H2,1H3,(H,30,31,32). The fraction of sp³-hybridized carbons (Fsp3) is 0.341. The predicted octanol–water partition coefficient (Wildman–Crippen LogP) is 11.1. The number of nitrogens with zero attached hydrogens (tertiary/aromatic N) is 18. The number of carbonyl (C=O) groups is 3. The van der Waals surface area contributed by atoms with Crippen molar-refractivity contribution >= 4 is 103 Å². The first-order valence-electron chi connectivity index (χ1n) is 42.0. The number of amides is 3. The topological polar surface area (TPSA) is 293 Å². The summed E-state index contributed by atoms with van der Waals surface area (Å²) in [6.07, 6.45) is 28.8. The molecule has 0 atom stereocenters. The van der Waals surface area contributed by atoms with Gasteiger partial charge in [-0.15, -0.1) is 0 Å². The number of aromatic nitrogens is 12. The lowest BCUT2D eigenvalue weighted by Crippen LogP contribution is -2.39. The molecule has 9 aliphatic heterocycles. The summed E-state index contributed by atoms with van der Waals surface area (Å²) in [5.41, 5.74) is 16.8. The van der Waals surface area contributed by atoms with Gasteiger partial charge in [0.25, 0.3) is 34.4 Å². The molecule has 12 aromatic rings. The number of benzene rings is 6. The molecule has 3 amide bonds. The molecule has 0 unspecified atom stereocenters. The molecule has 2 aliphatic carbocycles. The van der Waals surface area contributed by atoms with Crippen LogP contribution < -0.4 is 61.5 Å². The van der Waals surface area contributed by atoms with Crippen molar-refractivity contribution in [3.63, 3.8) is 0 Å². The van der Waals surface area contributed by atoms with Gasteiger partial charge >= 0.3 is 0 Å². The van der Waals surface area contributed by atoms with Crippen LogP contribution in [-0.4, -0.2) is 171 Å². The number of carbonyl (C=O) groups excluding carboxylic acids is 3. The van der Waals surface area contributed by atoms with Gasteiger partial charge in [0.2, 0.25) is 17.8 Å². The molecule has 0 radical (unpaired) electrons. The molecule has 6 aromatic heterocycles. The van der Waals surface area contributed by atoms with Crippen LogP contribution in [0.4, 0.5) is 52.0 Å². The highest BCUT2D eigenvalue weighted by Crippen LogP contribution is 2.55. The number of nitrogens with one attached hydrogen (secondary N) is 3. The smallest absolute Gasteiger partial charge is 0.278 e. The van der Waals surface area contributed by atoms with Crippen LogP contribution in [0.25, 0.3) is 50.2 Å². The van der Waals surface area contributed by atoms with Crippen molar-refractivity contribution in [1.29, 1.82) is 0 Å². The largest absolute Gasteiger partial charge is 0.482 e. The molecule has 2 saturated carbocycles. The van der Waals surface area contributed by atoms with Crippen molar-refractivity contribution in [2.45, 2.75) is 121 Å². The Morgan fingerprint density at radius 2 is 0.802 bits per heavy atom. The monoisotopic (exact) mass is 1620 g/mol. The van der Waals surface area contributed by atoms with E-state index >= 15 is 0 Å². The minimum Gasteiger partial charge on any atom is -0.482 e. The van der Waals surface area contributed by atoms with Crippen molar-refractivity contribution in [2.24, 2.45) is 0 Å². The lowest BCUT2D eigenvalue weighted by Gasteiger charge is -2.35. The zero-order valence-electron chi connectivity index (χ0n) is 67.7. The lowest BCUT2D eigenvalue weighted by atomic mass is 9.87. The number of hydrogen-bond acceptors (Lipinski definition) is 21. The normalized spacial score (nSPS) is 18.6. The van der Waals surface area contributed by atoms with Crippen LogP contribution in [0, 0.1) is 0 Å². The van der Waals surface area contributed by atoms with Crippen molar-refractivity contribution in [3.05, 3.63) is 229 Å². The molecule has 614 valence electrons. The second-order valence-corrected chi connectivity index (χ2v) is 33.4. The molecule has 30 nitrogen and oxygen atoms in total. The molecular formula is C91H91N21O9. The molecule has 121 heavy (non-hydrogen) atoms. The Morgan fingerprint density at radius 3 is 1.25 bits per heavy atom. The van der Waals surface area contributed by atoms with Gasteiger partial charge in [0.05, 0.1) is 53.8 Å². The summed E-state index contributed by atoms with van der Waals surface area (Å²) in [6, 6.07) is 36.5. The van der Waals surface area contributed by atoms with Crippen LogP contribution in [-0.2, 0) is 70.9 Å². The minimum atomic E-state index is -0.169. The molecule has 0 saturated heterocycles. The van der Waals surface area contributed by atoms with E-state index in [4.69, 9.17) is 29.2 Å². The maximum Gasteiger partial charge on any atom is 0.278 e. The SMILES string of the molecule is CN1CCc2ccc(Nc3ncc4c(=O)n5n(c4n3)-c3ccc4c(c3)N(CCCC=CC5)C(=O)CO4)cc2C1.CN1CCc2ccc(Nc3ncc4c(=O)n5n(c4n3)-c3ccc4c(c3)N(CCCC=CC5)C(=O)CO4)cc2C12CC2.CN1Cc2cc(Nc3ncc4c(=O)n5n(c4n3)-c3ccc4c(c3)N(CCCC=CC5)C(=O)CO4)ccc2C2(CC2)C1. The van der Waals surface area contributed by atoms with Crippen molar-refractivity contribution in [3.8, 4) is 34.3 Å². The van der Waals surface area contributed by atoms with E-state index in [-0.39, 0.29) is 59.8 Å². The first-order valence-corrected chi connectivity index (χ1v) is 42.0. The van der Waals surface area contributed by atoms with Gasteiger partial charge in [0.1, 0.15) is 33.4 Å². The van der Waals surface area contributed by atoms with Gasteiger partial charge in [-0.3, -0.25) is 33.7 Å². The van der Waals surface area contributed by atoms with Gasteiger partial charge in [0.15, 0.2) is 36.8 Å². The number of hydrogen-bond donors (Lipinski definition) is 3. The maximum absolute atomic E-state index is 13.6. The Labute approximate surface area is 695 Å². The van der Waals surface area contributed by atoms with Crippen LogP contribution in [0.1, 0.15) is 97.6 Å². The van der Waals surface area contributed by atoms with Gasteiger partial charge in [-0.2, -0.15) is 15.0 Å². The average molecular weight is 1620 g/mol. The zero-order chi connectivity index (χ0) is 81.9. The summed E-state index contributed by atoms with van der Waals surface area (Å²) < 4.78 is 27.6. The van der Waals surface area contributed by atoms with E-state index in [1.54, 1.807) is 47.3 Å². The summed E-state index contributed by atoms with van der Waals surface area (Å²) in [4.78, 5) is 120. The Bertz CT molecular complexity index is 6570. The summed E-state index contributed by atoms with van der Waals surface area (Å²) in [7, 11) is 6.53. The van der Waals surface area contributed by atoms with E-state index in [0.717, 1.165) is 118 Å². The molecule has 2 fully saturated rings. The van der Waals surface area contributed by atoms with Gasteiger partial charge < -0.3 is 54.7 Å². The van der Waals surface area contributed by atoms with Crippen LogP contribution in [0.3, 0.4) is 0 Å². The fourth-order valence-electron chi connectivity index (χ4n) is 19.0. The molecular weight excluding hydrogens is 1530 g/mol. The highest BCUT2D eigenvalue weighted by molar-refractivity contribution is 6.00. The molecule has 2 spiro atoms. The fourth-order valence-corrected chi connectivity index (χ4v) is 19.0. The van der Waals surface area contributed by atoms with Crippen LogP contribution in [0.5, 0.6) is 17.2 Å². The lowest BCUT2D eigenvalue weighted by molar-refractivity contribution is -0.122. The number of ether oxygens (including phenoxy) is 3. The van der Waals surface area contributed by atoms with Crippen LogP contribution in [0.2, 0.25) is 0 Å². The molecule has 3 N–H and O–H groups in total. The second-order valence-electron chi connectivity index (χ2n) is 33.4. The summed E-state index contributed by atoms with van der Waals surface area (Å²) in [5, 5.41) is 11.4. The first kappa shape index (κ1) is 75.2. The summed E-state index contributed by atoms with van der Waals surface area (Å²) in [5.74, 6) is 3.03. The maximum atomic E-state index is 13.6. The summed E-state index contributed by atoms with van der Waals surface area (Å²) in [6.45, 7) is 8.19. The predicted molar refractivity (Wildman–Crippen MR) is 462 cm³/mol. The third kappa shape index (κ3) is 13.6. The molecule has 15 heterocycles. The van der Waals surface area contributed by atoms with E-state index < -0.39 is 0 Å². The number of anilines is 9. The molecule has 6 bridgehead atoms. The first-order chi connectivity index (χ1) is 59.0. The van der Waals surface area contributed by atoms with Crippen LogP contribution in [0.15, 0.2) is 179 Å². The highest BCUT2D eigenvalue weighted by atomic mass is 16.5. The second kappa shape index (κ2) is 30.2. The van der Waals surface area contributed by atoms with Gasteiger partial charge in [-0.1, -0.05) is 54.7 Å². The van der Waals surface area contributed by atoms with Gasteiger partial charge in [-0.25, -0.2) is 43.0 Å². The zero-order valence-corrected chi connectivity index (χ0v) is 67.7. The van der Waals surface area contributed by atoms with Crippen molar-refractivity contribution < 1.29 is 28.6 Å². The number of allylic oxidation sites excluding steroid dienone is 6. The Kier molecular flexibility index (Phi) is 18.8. The van der Waals surface area contributed by atoms with E-state index in [1.807, 2.05) is 92.9 Å². The third-order valence-electron chi connectivity index (χ3n) is 25.5. The quantitative estimate of drug-likeness (QED) is 0.130. The highest BCUT2D eigenvalue weighted by Gasteiger charge is 2.51. The summed E-state index contributed by atoms with van der Waals surface area (Å²) >= 11 is 0.